The molecule has 0 fully saturated rings. The lowest BCUT2D eigenvalue weighted by Gasteiger charge is -2.33. The number of carbonyl (C=O) groups is 1. The van der Waals surface area contributed by atoms with Gasteiger partial charge < -0.3 is 15.4 Å². The minimum Gasteiger partial charge on any atom is -0.420 e. The van der Waals surface area contributed by atoms with Crippen molar-refractivity contribution < 1.29 is 9.53 Å². The molecule has 2 aliphatic rings. The van der Waals surface area contributed by atoms with E-state index in [0.29, 0.717) is 22.7 Å². The normalized spacial score (nSPS) is 19.2. The van der Waals surface area contributed by atoms with E-state index in [0.717, 1.165) is 16.9 Å². The fourth-order valence-corrected chi connectivity index (χ4v) is 4.79. The molecule has 0 saturated carbocycles. The molecule has 0 unspecified atom stereocenters. The molecule has 0 radical (unpaired) electrons. The van der Waals surface area contributed by atoms with E-state index in [4.69, 9.17) is 22.1 Å². The van der Waals surface area contributed by atoms with Gasteiger partial charge in [0, 0.05) is 22.0 Å². The van der Waals surface area contributed by atoms with Crippen molar-refractivity contribution in [2.45, 2.75) is 31.7 Å². The largest absolute Gasteiger partial charge is 0.420 e. The number of para-hydroxylation sites is 1. The molecule has 8 heteroatoms. The van der Waals surface area contributed by atoms with Crippen molar-refractivity contribution >= 4 is 23.2 Å². The lowest BCUT2D eigenvalue weighted by molar-refractivity contribution is -0.121. The quantitative estimate of drug-likeness (QED) is 0.630. The van der Waals surface area contributed by atoms with Crippen molar-refractivity contribution in [2.75, 3.05) is 4.90 Å². The van der Waals surface area contributed by atoms with E-state index in [9.17, 15) is 10.1 Å². The lowest BCUT2D eigenvalue weighted by atomic mass is 9.68. The lowest BCUT2D eigenvalue weighted by Crippen LogP contribution is -2.46. The molecule has 1 aromatic heterocycles. The molecule has 7 nitrogen and oxygen atoms in total. The Kier molecular flexibility index (Phi) is 4.50. The number of hydrogen-bond donors (Lipinski definition) is 2. The van der Waals surface area contributed by atoms with E-state index in [2.05, 4.69) is 16.3 Å². The molecule has 3 N–H and O–H groups in total. The number of rotatable bonds is 3. The summed E-state index contributed by atoms with van der Waals surface area (Å²) in [5, 5.41) is 18.1. The molecule has 0 aliphatic carbocycles. The minimum absolute atomic E-state index is 0.0104. The predicted octanol–water partition coefficient (Wildman–Crippen LogP) is 4.11. The maximum atomic E-state index is 14.3. The van der Waals surface area contributed by atoms with Gasteiger partial charge in [0.2, 0.25) is 17.7 Å². The molecule has 1 spiro atoms. The number of amides is 1. The molecule has 1 amide bonds. The first-order valence-corrected chi connectivity index (χ1v) is 10.6. The van der Waals surface area contributed by atoms with Crippen LogP contribution in [0.5, 0.6) is 5.88 Å². The Morgan fingerprint density at radius 2 is 1.97 bits per heavy atom. The molecule has 32 heavy (non-hydrogen) atoms. The number of aromatic nitrogens is 2. The summed E-state index contributed by atoms with van der Waals surface area (Å²) in [7, 11) is 0. The second-order valence-electron chi connectivity index (χ2n) is 8.21. The molecular formula is C24H20ClN5O2. The minimum atomic E-state index is -1.43. The second-order valence-corrected chi connectivity index (χ2v) is 8.65. The molecule has 5 rings (SSSR count). The molecule has 3 aromatic rings. The van der Waals surface area contributed by atoms with Crippen molar-refractivity contribution in [3.63, 3.8) is 0 Å². The first-order chi connectivity index (χ1) is 15.4. The summed E-state index contributed by atoms with van der Waals surface area (Å²) in [5.41, 5.74) is 8.42. The third-order valence-corrected chi connectivity index (χ3v) is 6.32. The maximum Gasteiger partial charge on any atom is 0.248 e. The van der Waals surface area contributed by atoms with Crippen LogP contribution in [0.15, 0.2) is 60.0 Å². The van der Waals surface area contributed by atoms with E-state index in [1.807, 2.05) is 50.2 Å². The number of nitrogens with zero attached hydrogens (tertiary/aromatic N) is 3. The molecule has 3 heterocycles. The van der Waals surface area contributed by atoms with Gasteiger partial charge in [-0.2, -0.15) is 5.26 Å². The Bertz CT molecular complexity index is 1320. The first kappa shape index (κ1) is 20.2. The van der Waals surface area contributed by atoms with Gasteiger partial charge in [0.25, 0.3) is 0 Å². The van der Waals surface area contributed by atoms with Gasteiger partial charge in [-0.3, -0.25) is 9.89 Å². The summed E-state index contributed by atoms with van der Waals surface area (Å²) in [5.74, 6) is -0.141. The molecule has 2 aromatic carbocycles. The summed E-state index contributed by atoms with van der Waals surface area (Å²) >= 11 is 6.04. The molecule has 2 aliphatic heterocycles. The number of nitriles is 1. The van der Waals surface area contributed by atoms with Crippen LogP contribution in [-0.4, -0.2) is 16.1 Å². The zero-order valence-electron chi connectivity index (χ0n) is 17.5. The van der Waals surface area contributed by atoms with Crippen LogP contribution in [0, 0.1) is 11.3 Å². The van der Waals surface area contributed by atoms with Crippen LogP contribution < -0.4 is 15.4 Å². The van der Waals surface area contributed by atoms with Gasteiger partial charge in [0.15, 0.2) is 0 Å². The number of halogens is 1. The van der Waals surface area contributed by atoms with Crippen LogP contribution in [0.2, 0.25) is 5.02 Å². The van der Waals surface area contributed by atoms with Crippen molar-refractivity contribution in [1.29, 1.82) is 5.26 Å². The Hall–Kier alpha value is -3.76. The fourth-order valence-electron chi connectivity index (χ4n) is 4.66. The molecule has 0 bridgehead atoms. The second kappa shape index (κ2) is 7.14. The highest BCUT2D eigenvalue weighted by Gasteiger charge is 2.61. The van der Waals surface area contributed by atoms with Gasteiger partial charge in [-0.05, 0) is 29.7 Å². The summed E-state index contributed by atoms with van der Waals surface area (Å²) in [6.07, 6.45) is 0. The van der Waals surface area contributed by atoms with Crippen LogP contribution in [0.25, 0.3) is 0 Å². The maximum absolute atomic E-state index is 14.3. The van der Waals surface area contributed by atoms with E-state index >= 15 is 0 Å². The number of benzene rings is 2. The number of H-pyrrole nitrogens is 1. The van der Waals surface area contributed by atoms with Crippen molar-refractivity contribution in [3.05, 3.63) is 87.4 Å². The number of nitrogens with two attached hydrogens (primary N) is 1. The zero-order valence-corrected chi connectivity index (χ0v) is 18.3. The first-order valence-electron chi connectivity index (χ1n) is 10.2. The Labute approximate surface area is 190 Å². The standard InChI is InChI=1S/C24H20ClN5O2/c1-13(2)20-19-22(29-28-20)32-21(27)17(11-26)24(19)16-5-3-4-6-18(16)30(23(24)31)12-14-7-9-15(25)10-8-14/h3-10,13H,12,27H2,1-2H3,(H,28,29)/t24-/m0/s1. The average molecular weight is 446 g/mol. The Morgan fingerprint density at radius 1 is 1.25 bits per heavy atom. The third kappa shape index (κ3) is 2.60. The molecular weight excluding hydrogens is 426 g/mol. The number of hydrogen-bond acceptors (Lipinski definition) is 5. The SMILES string of the molecule is CC(C)c1[nH]nc2c1[C@@]1(C(=O)N(Cc3ccc(Cl)cc3)c3ccccc31)C(C#N)=C(N)O2. The van der Waals surface area contributed by atoms with Crippen molar-refractivity contribution in [2.24, 2.45) is 5.73 Å². The number of nitrogens with one attached hydrogen (secondary N) is 1. The van der Waals surface area contributed by atoms with Gasteiger partial charge in [0.1, 0.15) is 17.1 Å². The monoisotopic (exact) mass is 445 g/mol. The van der Waals surface area contributed by atoms with E-state index in [1.54, 1.807) is 17.0 Å². The third-order valence-electron chi connectivity index (χ3n) is 6.07. The van der Waals surface area contributed by atoms with Crippen LogP contribution >= 0.6 is 11.6 Å². The van der Waals surface area contributed by atoms with Gasteiger partial charge in [0.05, 0.1) is 12.1 Å². The van der Waals surface area contributed by atoms with Crippen LogP contribution in [-0.2, 0) is 16.8 Å². The van der Waals surface area contributed by atoms with E-state index in [-0.39, 0.29) is 29.2 Å². The molecule has 1 atom stereocenters. The highest BCUT2D eigenvalue weighted by Crippen LogP contribution is 2.56. The summed E-state index contributed by atoms with van der Waals surface area (Å²) in [4.78, 5) is 16.0. The summed E-state index contributed by atoms with van der Waals surface area (Å²) in [6, 6.07) is 17.0. The van der Waals surface area contributed by atoms with Crippen LogP contribution in [0.1, 0.15) is 42.1 Å². The number of ether oxygens (including phenoxy) is 1. The van der Waals surface area contributed by atoms with Crippen LogP contribution in [0.4, 0.5) is 5.69 Å². The molecule has 160 valence electrons. The Morgan fingerprint density at radius 3 is 2.66 bits per heavy atom. The molecule has 0 saturated heterocycles. The van der Waals surface area contributed by atoms with E-state index < -0.39 is 5.41 Å². The zero-order chi connectivity index (χ0) is 22.6. The fraction of sp³-hybridized carbons (Fsp3) is 0.208. The number of carbonyl (C=O) groups excluding carboxylic acids is 1. The van der Waals surface area contributed by atoms with E-state index in [1.165, 1.54) is 0 Å². The average Bonchev–Trinajstić information content (AvgIpc) is 3.30. The van der Waals surface area contributed by atoms with Gasteiger partial charge in [-0.25, -0.2) is 0 Å². The van der Waals surface area contributed by atoms with Gasteiger partial charge in [-0.15, -0.1) is 5.10 Å². The highest BCUT2D eigenvalue weighted by molar-refractivity contribution is 6.30. The number of aromatic amines is 1. The summed E-state index contributed by atoms with van der Waals surface area (Å²) < 4.78 is 5.69. The van der Waals surface area contributed by atoms with Crippen LogP contribution in [0.3, 0.4) is 0 Å². The topological polar surface area (TPSA) is 108 Å². The van der Waals surface area contributed by atoms with Gasteiger partial charge >= 0.3 is 0 Å². The van der Waals surface area contributed by atoms with Crippen molar-refractivity contribution in [1.82, 2.24) is 10.2 Å². The predicted molar refractivity (Wildman–Crippen MR) is 120 cm³/mol. The number of fused-ring (bicyclic) bond motifs is 4. The Balaban J connectivity index is 1.79. The summed E-state index contributed by atoms with van der Waals surface area (Å²) in [6.45, 7) is 4.30. The smallest absolute Gasteiger partial charge is 0.248 e. The number of anilines is 1. The van der Waals surface area contributed by atoms with Gasteiger partial charge in [-0.1, -0.05) is 55.8 Å². The highest BCUT2D eigenvalue weighted by atomic mass is 35.5. The van der Waals surface area contributed by atoms with Crippen molar-refractivity contribution in [3.8, 4) is 11.9 Å².